The van der Waals surface area contributed by atoms with Gasteiger partial charge in [0.2, 0.25) is 0 Å². The van der Waals surface area contributed by atoms with Gasteiger partial charge >= 0.3 is 6.03 Å². The Labute approximate surface area is 211 Å². The molecule has 0 unspecified atom stereocenters. The predicted molar refractivity (Wildman–Crippen MR) is 136 cm³/mol. The number of rotatable bonds is 4. The smallest absolute Gasteiger partial charge is 0.322 e. The van der Waals surface area contributed by atoms with Crippen molar-refractivity contribution in [1.29, 1.82) is 0 Å². The first kappa shape index (κ1) is 22.8. The summed E-state index contributed by atoms with van der Waals surface area (Å²) >= 11 is 0. The number of H-pyrrole nitrogens is 1. The highest BCUT2D eigenvalue weighted by Crippen LogP contribution is 2.23. The van der Waals surface area contributed by atoms with E-state index in [0.717, 1.165) is 21.9 Å². The van der Waals surface area contributed by atoms with Crippen molar-refractivity contribution in [3.8, 4) is 11.1 Å². The Morgan fingerprint density at radius 2 is 1.89 bits per heavy atom. The molecule has 1 aromatic carbocycles. The average Bonchev–Trinajstić information content (AvgIpc) is 3.33. The first-order chi connectivity index (χ1) is 18.0. The molecule has 5 heterocycles. The fraction of sp³-hybridized carbons (Fsp3) is 0.231. The molecule has 2 N–H and O–H groups in total. The van der Waals surface area contributed by atoms with Crippen LogP contribution in [0.15, 0.2) is 53.9 Å². The van der Waals surface area contributed by atoms with Crippen molar-refractivity contribution in [2.24, 2.45) is 4.99 Å². The maximum atomic E-state index is 12.6. The van der Waals surface area contributed by atoms with Crippen molar-refractivity contribution >= 4 is 34.4 Å². The van der Waals surface area contributed by atoms with Gasteiger partial charge in [-0.1, -0.05) is 6.07 Å². The molecule has 0 bridgehead atoms. The number of fused-ring (bicyclic) bond motifs is 2. The van der Waals surface area contributed by atoms with E-state index in [1.165, 1.54) is 4.90 Å². The second-order valence-corrected chi connectivity index (χ2v) is 9.03. The van der Waals surface area contributed by atoms with E-state index in [-0.39, 0.29) is 11.9 Å². The molecule has 2 aliphatic rings. The van der Waals surface area contributed by atoms with Gasteiger partial charge in [-0.2, -0.15) is 0 Å². The molecule has 0 saturated carbocycles. The molecule has 1 fully saturated rings. The number of morpholine rings is 1. The molecule has 2 aliphatic heterocycles. The number of urea groups is 1. The van der Waals surface area contributed by atoms with E-state index in [4.69, 9.17) is 9.72 Å². The van der Waals surface area contributed by atoms with Crippen molar-refractivity contribution in [3.63, 3.8) is 0 Å². The highest BCUT2D eigenvalue weighted by atomic mass is 16.5. The number of carbonyl (C=O) groups is 2. The van der Waals surface area contributed by atoms with Gasteiger partial charge in [-0.25, -0.2) is 19.8 Å². The zero-order valence-electron chi connectivity index (χ0n) is 20.4. The van der Waals surface area contributed by atoms with Crippen LogP contribution in [0.3, 0.4) is 0 Å². The molecule has 3 amide bonds. The van der Waals surface area contributed by atoms with Crippen LogP contribution in [0.1, 0.15) is 16.2 Å². The molecule has 0 spiro atoms. The molecular formula is C26H24N8O3. The summed E-state index contributed by atoms with van der Waals surface area (Å²) < 4.78 is 5.31. The average molecular weight is 497 g/mol. The van der Waals surface area contributed by atoms with Gasteiger partial charge in [-0.15, -0.1) is 0 Å². The number of nitrogens with zero attached hydrogens (tertiary/aromatic N) is 6. The Hall–Kier alpha value is -4.64. The number of amides is 3. The number of para-hydroxylation sites is 1. The van der Waals surface area contributed by atoms with Crippen LogP contribution in [0.25, 0.3) is 27.9 Å². The summed E-state index contributed by atoms with van der Waals surface area (Å²) in [4.78, 5) is 49.7. The van der Waals surface area contributed by atoms with Gasteiger partial charge in [0, 0.05) is 55.9 Å². The molecule has 3 aromatic heterocycles. The highest BCUT2D eigenvalue weighted by Gasteiger charge is 2.21. The lowest BCUT2D eigenvalue weighted by molar-refractivity contribution is 0.0564. The van der Waals surface area contributed by atoms with Gasteiger partial charge in [-0.05, 0) is 24.3 Å². The van der Waals surface area contributed by atoms with Crippen LogP contribution in [0.5, 0.6) is 0 Å². The van der Waals surface area contributed by atoms with Gasteiger partial charge < -0.3 is 24.8 Å². The summed E-state index contributed by atoms with van der Waals surface area (Å²) in [5.74, 6) is 0.460. The molecule has 6 rings (SSSR count). The molecule has 0 atom stereocenters. The molecule has 37 heavy (non-hydrogen) atoms. The molecule has 11 nitrogen and oxygen atoms in total. The standard InChI is InChI=1S/C26H24N8O3/c1-33(2)25(35)18-4-3-5-20-21(18)31-24(30-20)22-19-11-16(13-28-23(19)32-22)15-10-17(14-27-12-15)29-26(36)34-6-8-37-9-7-34/h3-5,10-14H,6-9H2,1-2H3,(H,29,36)(H,30,31). The number of imidazole rings is 1. The number of hydrogen-bond acceptors (Lipinski definition) is 7. The van der Waals surface area contributed by atoms with Crippen molar-refractivity contribution in [3.05, 3.63) is 71.0 Å². The largest absolute Gasteiger partial charge is 0.378 e. The minimum Gasteiger partial charge on any atom is -0.378 e. The fourth-order valence-electron chi connectivity index (χ4n) is 4.37. The number of aromatic nitrogens is 4. The third-order valence-electron chi connectivity index (χ3n) is 6.33. The topological polar surface area (TPSA) is 129 Å². The summed E-state index contributed by atoms with van der Waals surface area (Å²) in [6, 6.07) is 9.15. The second kappa shape index (κ2) is 9.10. The number of hydrogen-bond donors (Lipinski definition) is 2. The van der Waals surface area contributed by atoms with Crippen LogP contribution in [-0.4, -0.2) is 82.1 Å². The zero-order valence-corrected chi connectivity index (χ0v) is 20.4. The van der Waals surface area contributed by atoms with Crippen molar-refractivity contribution in [2.45, 2.75) is 0 Å². The molecule has 0 aliphatic carbocycles. The van der Waals surface area contributed by atoms with Crippen LogP contribution in [0.2, 0.25) is 0 Å². The maximum absolute atomic E-state index is 12.6. The number of nitrogens with one attached hydrogen (secondary N) is 2. The highest BCUT2D eigenvalue weighted by molar-refractivity contribution is 6.05. The summed E-state index contributed by atoms with van der Waals surface area (Å²) in [7, 11) is 3.43. The van der Waals surface area contributed by atoms with Gasteiger partial charge in [0.15, 0.2) is 11.3 Å². The van der Waals surface area contributed by atoms with Crippen molar-refractivity contribution in [1.82, 2.24) is 29.7 Å². The molecular weight excluding hydrogens is 472 g/mol. The normalized spacial score (nSPS) is 14.5. The van der Waals surface area contributed by atoms with E-state index >= 15 is 0 Å². The van der Waals surface area contributed by atoms with E-state index in [9.17, 15) is 9.59 Å². The number of aromatic amines is 1. The quantitative estimate of drug-likeness (QED) is 0.439. The second-order valence-electron chi connectivity index (χ2n) is 9.03. The molecule has 1 saturated heterocycles. The molecule has 11 heteroatoms. The van der Waals surface area contributed by atoms with Crippen LogP contribution in [-0.2, 0) is 4.74 Å². The predicted octanol–water partition coefficient (Wildman–Crippen LogP) is 1.38. The summed E-state index contributed by atoms with van der Waals surface area (Å²) in [6.07, 6.45) is 5.07. The number of benzene rings is 1. The number of anilines is 1. The first-order valence-corrected chi connectivity index (χ1v) is 11.9. The van der Waals surface area contributed by atoms with Crippen LogP contribution in [0, 0.1) is 0 Å². The zero-order chi connectivity index (χ0) is 25.5. The van der Waals surface area contributed by atoms with E-state index in [2.05, 4.69) is 25.3 Å². The third-order valence-corrected chi connectivity index (χ3v) is 6.33. The minimum absolute atomic E-state index is 0.114. The summed E-state index contributed by atoms with van der Waals surface area (Å²) in [6.45, 7) is 2.19. The van der Waals surface area contributed by atoms with Gasteiger partial charge in [0.05, 0.1) is 36.2 Å². The van der Waals surface area contributed by atoms with Crippen molar-refractivity contribution < 1.29 is 14.3 Å². The molecule has 0 radical (unpaired) electrons. The van der Waals surface area contributed by atoms with Crippen LogP contribution in [0.4, 0.5) is 10.5 Å². The summed E-state index contributed by atoms with van der Waals surface area (Å²) in [5, 5.41) is 3.76. The van der Waals surface area contributed by atoms with E-state index in [1.807, 2.05) is 24.3 Å². The monoisotopic (exact) mass is 496 g/mol. The summed E-state index contributed by atoms with van der Waals surface area (Å²) in [5.41, 5.74) is 5.42. The molecule has 186 valence electrons. The Bertz CT molecular complexity index is 1670. The first-order valence-electron chi connectivity index (χ1n) is 11.9. The Morgan fingerprint density at radius 3 is 2.70 bits per heavy atom. The number of carbonyl (C=O) groups excluding carboxylic acids is 2. The Balaban J connectivity index is 1.32. The SMILES string of the molecule is CN(C)C(=O)c1cccc2[nH]c(C3=c4cc(-c5cncc(NC(=O)N6CCOCC6)c5)cnc4=N3)nc12. The number of ether oxygens (including phenoxy) is 1. The number of pyridine rings is 2. The maximum Gasteiger partial charge on any atom is 0.322 e. The lowest BCUT2D eigenvalue weighted by Gasteiger charge is -2.26. The van der Waals surface area contributed by atoms with E-state index in [0.29, 0.717) is 60.1 Å². The fourth-order valence-corrected chi connectivity index (χ4v) is 4.37. The minimum atomic E-state index is -0.177. The van der Waals surface area contributed by atoms with E-state index in [1.54, 1.807) is 43.7 Å². The van der Waals surface area contributed by atoms with Gasteiger partial charge in [0.1, 0.15) is 11.2 Å². The van der Waals surface area contributed by atoms with Gasteiger partial charge in [-0.3, -0.25) is 9.78 Å². The Morgan fingerprint density at radius 1 is 1.08 bits per heavy atom. The van der Waals surface area contributed by atoms with Crippen LogP contribution < -0.4 is 16.0 Å². The van der Waals surface area contributed by atoms with Crippen molar-refractivity contribution in [2.75, 3.05) is 45.7 Å². The third kappa shape index (κ3) is 4.19. The Kier molecular flexibility index (Phi) is 5.61. The lowest BCUT2D eigenvalue weighted by Crippen LogP contribution is -2.43. The van der Waals surface area contributed by atoms with Crippen LogP contribution >= 0.6 is 0 Å². The lowest BCUT2D eigenvalue weighted by atomic mass is 10.1. The van der Waals surface area contributed by atoms with Gasteiger partial charge in [0.25, 0.3) is 5.91 Å². The molecule has 4 aromatic rings. The van der Waals surface area contributed by atoms with E-state index < -0.39 is 0 Å².